The molecule has 102 valence electrons. The van der Waals surface area contributed by atoms with E-state index >= 15 is 0 Å². The number of halogens is 1. The zero-order valence-corrected chi connectivity index (χ0v) is 12.0. The van der Waals surface area contributed by atoms with Gasteiger partial charge in [0.15, 0.2) is 4.67 Å². The van der Waals surface area contributed by atoms with Gasteiger partial charge in [0.2, 0.25) is 10.0 Å². The molecule has 2 heterocycles. The molecule has 0 unspecified atom stereocenters. The summed E-state index contributed by atoms with van der Waals surface area (Å²) in [5.74, 6) is 0.203. The first-order valence-electron chi connectivity index (χ1n) is 5.52. The molecule has 0 bridgehead atoms. The lowest BCUT2D eigenvalue weighted by Gasteiger charge is -2.22. The van der Waals surface area contributed by atoms with E-state index in [0.717, 1.165) is 0 Å². The van der Waals surface area contributed by atoms with Crippen LogP contribution >= 0.6 is 15.9 Å². The van der Waals surface area contributed by atoms with Gasteiger partial charge in [-0.1, -0.05) is 0 Å². The van der Waals surface area contributed by atoms with Gasteiger partial charge in [-0.25, -0.2) is 13.1 Å². The summed E-state index contributed by atoms with van der Waals surface area (Å²) in [6.45, 7) is 0.772. The summed E-state index contributed by atoms with van der Waals surface area (Å²) in [5.41, 5.74) is 0. The molecule has 1 fully saturated rings. The molecule has 2 rings (SSSR count). The van der Waals surface area contributed by atoms with Crippen molar-refractivity contribution in [1.82, 2.24) is 4.72 Å². The number of nitrogens with one attached hydrogen (secondary N) is 1. The summed E-state index contributed by atoms with van der Waals surface area (Å²) >= 11 is 3.04. The van der Waals surface area contributed by atoms with Crippen LogP contribution in [0, 0.1) is 0 Å². The van der Waals surface area contributed by atoms with Crippen LogP contribution in [0.2, 0.25) is 0 Å². The maximum absolute atomic E-state index is 12.1. The van der Waals surface area contributed by atoms with E-state index < -0.39 is 10.0 Å². The van der Waals surface area contributed by atoms with Gasteiger partial charge < -0.3 is 14.3 Å². The molecule has 0 saturated carbocycles. The van der Waals surface area contributed by atoms with Crippen LogP contribution in [-0.4, -0.2) is 32.8 Å². The summed E-state index contributed by atoms with van der Waals surface area (Å²) < 4.78 is 37.2. The first kappa shape index (κ1) is 14.0. The van der Waals surface area contributed by atoms with E-state index in [4.69, 9.17) is 14.3 Å². The van der Waals surface area contributed by atoms with E-state index in [1.165, 1.54) is 6.07 Å². The third-order valence-electron chi connectivity index (χ3n) is 2.69. The highest BCUT2D eigenvalue weighted by atomic mass is 79.9. The smallest absolute Gasteiger partial charge is 0.245 e. The number of hydrogen-bond acceptors (Lipinski definition) is 5. The molecule has 2 N–H and O–H groups in total. The van der Waals surface area contributed by atoms with Gasteiger partial charge in [-0.15, -0.1) is 0 Å². The minimum atomic E-state index is -3.64. The largest absolute Gasteiger partial charge is 0.450 e. The number of hydrogen-bond donors (Lipinski definition) is 2. The van der Waals surface area contributed by atoms with Gasteiger partial charge in [-0.2, -0.15) is 0 Å². The molecule has 0 aliphatic carbocycles. The van der Waals surface area contributed by atoms with E-state index in [1.807, 2.05) is 0 Å². The Hall–Kier alpha value is -0.410. The molecule has 6 nitrogen and oxygen atoms in total. The average Bonchev–Trinajstić information content (AvgIpc) is 2.72. The van der Waals surface area contributed by atoms with Crippen LogP contribution in [0.15, 0.2) is 20.0 Å². The fourth-order valence-electron chi connectivity index (χ4n) is 1.76. The van der Waals surface area contributed by atoms with E-state index in [2.05, 4.69) is 20.7 Å². The molecule has 8 heteroatoms. The summed E-state index contributed by atoms with van der Waals surface area (Å²) in [7, 11) is -3.64. The summed E-state index contributed by atoms with van der Waals surface area (Å²) in [5, 5.41) is 8.92. The van der Waals surface area contributed by atoms with Crippen LogP contribution in [0.25, 0.3) is 0 Å². The Morgan fingerprint density at radius 2 is 2.11 bits per heavy atom. The summed E-state index contributed by atoms with van der Waals surface area (Å²) in [4.78, 5) is 0.0121. The van der Waals surface area contributed by atoms with E-state index in [9.17, 15) is 8.42 Å². The second-order valence-electron chi connectivity index (χ2n) is 4.02. The molecule has 18 heavy (non-hydrogen) atoms. The summed E-state index contributed by atoms with van der Waals surface area (Å²) in [6, 6.07) is 1.19. The molecule has 0 amide bonds. The highest BCUT2D eigenvalue weighted by molar-refractivity contribution is 9.10. The highest BCUT2D eigenvalue weighted by Gasteiger charge is 2.26. The number of aliphatic hydroxyl groups excluding tert-OH is 1. The quantitative estimate of drug-likeness (QED) is 0.853. The lowest BCUT2D eigenvalue weighted by molar-refractivity contribution is 0.0832. The maximum Gasteiger partial charge on any atom is 0.245 e. The van der Waals surface area contributed by atoms with Gasteiger partial charge in [-0.3, -0.25) is 0 Å². The number of ether oxygens (including phenoxy) is 1. The standard InChI is InChI=1S/C10H14BrNO5S/c11-10-9(5-8(6-13)17-10)18(14,15)12-7-1-3-16-4-2-7/h5,7,12-13H,1-4,6H2. The number of aliphatic hydroxyl groups is 1. The van der Waals surface area contributed by atoms with Gasteiger partial charge in [0, 0.05) is 25.3 Å². The zero-order valence-electron chi connectivity index (χ0n) is 9.56. The number of sulfonamides is 1. The van der Waals surface area contributed by atoms with E-state index in [-0.39, 0.29) is 28.0 Å². The average molecular weight is 340 g/mol. The first-order valence-corrected chi connectivity index (χ1v) is 7.79. The monoisotopic (exact) mass is 339 g/mol. The van der Waals surface area contributed by atoms with Crippen molar-refractivity contribution in [3.63, 3.8) is 0 Å². The third-order valence-corrected chi connectivity index (χ3v) is 5.07. The number of furan rings is 1. The van der Waals surface area contributed by atoms with Crippen LogP contribution in [0.3, 0.4) is 0 Å². The fraction of sp³-hybridized carbons (Fsp3) is 0.600. The maximum atomic E-state index is 12.1. The zero-order chi connectivity index (χ0) is 13.2. The Bertz CT molecular complexity index is 506. The lowest BCUT2D eigenvalue weighted by Crippen LogP contribution is -2.38. The van der Waals surface area contributed by atoms with Gasteiger partial charge >= 0.3 is 0 Å². The Kier molecular flexibility index (Phi) is 4.44. The number of rotatable bonds is 4. The Morgan fingerprint density at radius 1 is 1.44 bits per heavy atom. The van der Waals surface area contributed by atoms with E-state index in [1.54, 1.807) is 0 Å². The molecule has 0 atom stereocenters. The Labute approximate surface area is 113 Å². The van der Waals surface area contributed by atoms with E-state index in [0.29, 0.717) is 26.1 Å². The molecule has 1 saturated heterocycles. The minimum absolute atomic E-state index is 0.0121. The molecule has 0 radical (unpaired) electrons. The van der Waals surface area contributed by atoms with Gasteiger partial charge in [0.05, 0.1) is 0 Å². The topological polar surface area (TPSA) is 88.8 Å². The highest BCUT2D eigenvalue weighted by Crippen LogP contribution is 2.26. The van der Waals surface area contributed by atoms with Crippen LogP contribution in [0.4, 0.5) is 0 Å². The molecule has 0 spiro atoms. The fourth-order valence-corrected chi connectivity index (χ4v) is 4.06. The van der Waals surface area contributed by atoms with Crippen molar-refractivity contribution in [3.05, 3.63) is 16.5 Å². The second-order valence-corrected chi connectivity index (χ2v) is 6.42. The van der Waals surface area contributed by atoms with Gasteiger partial charge in [0.1, 0.15) is 17.3 Å². The third kappa shape index (κ3) is 3.12. The Balaban J connectivity index is 2.16. The Morgan fingerprint density at radius 3 is 2.67 bits per heavy atom. The van der Waals surface area contributed by atoms with Crippen molar-refractivity contribution >= 4 is 26.0 Å². The van der Waals surface area contributed by atoms with Crippen molar-refractivity contribution < 1.29 is 22.7 Å². The predicted octanol–water partition coefficient (Wildman–Crippen LogP) is 0.992. The van der Waals surface area contributed by atoms with Crippen LogP contribution in [0.1, 0.15) is 18.6 Å². The molecular weight excluding hydrogens is 326 g/mol. The second kappa shape index (κ2) is 5.70. The summed E-state index contributed by atoms with van der Waals surface area (Å²) in [6.07, 6.45) is 1.31. The minimum Gasteiger partial charge on any atom is -0.450 e. The van der Waals surface area contributed by atoms with Crippen molar-refractivity contribution in [2.24, 2.45) is 0 Å². The normalized spacial score (nSPS) is 18.1. The molecular formula is C10H14BrNO5S. The van der Waals surface area contributed by atoms with Gasteiger partial charge in [0.25, 0.3) is 0 Å². The molecule has 0 aromatic carbocycles. The molecule has 1 aromatic heterocycles. The van der Waals surface area contributed by atoms with Crippen LogP contribution in [-0.2, 0) is 21.4 Å². The van der Waals surface area contributed by atoms with Crippen molar-refractivity contribution in [3.8, 4) is 0 Å². The van der Waals surface area contributed by atoms with Crippen molar-refractivity contribution in [1.29, 1.82) is 0 Å². The van der Waals surface area contributed by atoms with Crippen molar-refractivity contribution in [2.45, 2.75) is 30.4 Å². The van der Waals surface area contributed by atoms with Gasteiger partial charge in [-0.05, 0) is 28.8 Å². The predicted molar refractivity (Wildman–Crippen MR) is 66.5 cm³/mol. The molecule has 1 aromatic rings. The van der Waals surface area contributed by atoms with Crippen molar-refractivity contribution in [2.75, 3.05) is 13.2 Å². The molecule has 1 aliphatic rings. The SMILES string of the molecule is O=S(=O)(NC1CCOCC1)c1cc(CO)oc1Br. The molecule has 1 aliphatic heterocycles. The van der Waals surface area contributed by atoms with Crippen LogP contribution < -0.4 is 4.72 Å². The lowest BCUT2D eigenvalue weighted by atomic mass is 10.1. The van der Waals surface area contributed by atoms with Crippen LogP contribution in [0.5, 0.6) is 0 Å². The first-order chi connectivity index (χ1) is 8.53.